The van der Waals surface area contributed by atoms with Crippen LogP contribution in [0.3, 0.4) is 0 Å². The molecule has 13 aromatic rings. The van der Waals surface area contributed by atoms with E-state index in [-0.39, 0.29) is 44.6 Å². The van der Waals surface area contributed by atoms with Crippen molar-refractivity contribution in [3.63, 3.8) is 0 Å². The van der Waals surface area contributed by atoms with E-state index in [4.69, 9.17) is 64.6 Å². The number of nitrogens with one attached hydrogen (secondary N) is 1. The number of anilines is 8. The molecular formula is C114H185N27O. The highest BCUT2D eigenvalue weighted by Gasteiger charge is 2.34. The van der Waals surface area contributed by atoms with Crippen molar-refractivity contribution in [1.82, 2.24) is 62.3 Å². The summed E-state index contributed by atoms with van der Waals surface area (Å²) in [5.41, 5.74) is 70.3. The molecule has 3 saturated heterocycles. The van der Waals surface area contributed by atoms with Crippen LogP contribution in [0.4, 0.5) is 45.6 Å². The Balaban J connectivity index is 0.000000174. The van der Waals surface area contributed by atoms with Crippen LogP contribution in [-0.4, -0.2) is 252 Å². The first-order valence-electron chi connectivity index (χ1n) is 52.2. The number of fused-ring (bicyclic) bond motifs is 16. The highest BCUT2D eigenvalue weighted by atomic mass is 16.5. The van der Waals surface area contributed by atoms with Gasteiger partial charge in [-0.15, -0.1) is 5.10 Å². The van der Waals surface area contributed by atoms with Crippen molar-refractivity contribution in [2.45, 2.75) is 252 Å². The van der Waals surface area contributed by atoms with Crippen LogP contribution >= 0.6 is 0 Å². The molecule has 0 atom stereocenters. The van der Waals surface area contributed by atoms with Crippen molar-refractivity contribution in [2.75, 3.05) is 200 Å². The highest BCUT2D eigenvalue weighted by molar-refractivity contribution is 5.91. The van der Waals surface area contributed by atoms with Crippen LogP contribution in [0.15, 0.2) is 97.7 Å². The highest BCUT2D eigenvalue weighted by Crippen LogP contribution is 2.37. The van der Waals surface area contributed by atoms with Gasteiger partial charge in [0.2, 0.25) is 6.33 Å². The number of likely N-dealkylation sites (tertiary alicyclic amines) is 2. The second-order valence-corrected chi connectivity index (χ2v) is 43.9. The Labute approximate surface area is 853 Å². The summed E-state index contributed by atoms with van der Waals surface area (Å²) in [6.07, 6.45) is 45.8. The molecule has 0 radical (unpaired) electrons. The number of imidazole rings is 1. The summed E-state index contributed by atoms with van der Waals surface area (Å²) in [7, 11) is 22.2. The molecule has 5 aliphatic carbocycles. The van der Waals surface area contributed by atoms with Gasteiger partial charge in [0.05, 0.1) is 237 Å². The second kappa shape index (κ2) is 49.4. The van der Waals surface area contributed by atoms with Crippen molar-refractivity contribution >= 4 is 78.7 Å². The summed E-state index contributed by atoms with van der Waals surface area (Å²) in [6.45, 7) is 26.6. The molecule has 0 saturated carbocycles. The summed E-state index contributed by atoms with van der Waals surface area (Å²) >= 11 is 0. The molecule has 0 amide bonds. The number of morpholine rings is 1. The quantitative estimate of drug-likeness (QED) is 0.00992. The number of aryl methyl sites for hydroxylation is 17. The molecule has 3 fully saturated rings. The van der Waals surface area contributed by atoms with E-state index in [1.807, 2.05) is 48.9 Å². The Hall–Kier alpha value is -10.5. The zero-order valence-electron chi connectivity index (χ0n) is 91.4. The van der Waals surface area contributed by atoms with Gasteiger partial charge in [0, 0.05) is 100 Å². The van der Waals surface area contributed by atoms with Crippen LogP contribution in [0.1, 0.15) is 222 Å². The molecule has 13 aromatic heterocycles. The second-order valence-electron chi connectivity index (χ2n) is 43.9. The summed E-state index contributed by atoms with van der Waals surface area (Å²) in [6, 6.07) is 27.2. The van der Waals surface area contributed by atoms with Gasteiger partial charge >= 0.3 is 0 Å². The van der Waals surface area contributed by atoms with Crippen molar-refractivity contribution in [3.05, 3.63) is 227 Å². The van der Waals surface area contributed by atoms with Gasteiger partial charge in [-0.05, 0) is 258 Å². The smallest absolute Gasteiger partial charge is 0.243 e. The topological polar surface area (TPSA) is 293 Å². The lowest BCUT2D eigenvalue weighted by molar-refractivity contribution is -0.949. The number of ether oxygens (including phenoxy) is 1. The van der Waals surface area contributed by atoms with Gasteiger partial charge < -0.3 is 116 Å². The maximum Gasteiger partial charge on any atom is 0.243 e. The SMILES string of the molecule is CC(C)[N+](C)(CCCc1nn2c3c(ccc2c1N)CCC3)C(C)C.CN(C)c1cccn2nc(NCCC[N+](C)(C)C)c(N)c12.C[N+]1(CCCc2nn3c4c(ccc3c2N)CCC4)CCCC1.C[N+]1(CCCc2nn3c4c(ccc3c2N)CCC4)CCCCC1.C[N+]1(CCCc2nn3c4c(ccc3c2N)CCC4)CCOCC1.C[n+]1ccn(CCCCc2nn3c4c(ccc3c2N)CCC4)c1.[CH3-].[CH3-].[CH3-].[CH3-].[CH3-].[CH3-]. The van der Waals surface area contributed by atoms with Crippen molar-refractivity contribution in [1.29, 1.82) is 0 Å². The first-order valence-corrected chi connectivity index (χ1v) is 52.2. The lowest BCUT2D eigenvalue weighted by Gasteiger charge is -2.42. The number of piperidine rings is 1. The fraction of sp³-hybridized carbons (Fsp3) is 0.553. The average Bonchev–Trinajstić information content (AvgIpc) is 1.64. The third-order valence-electron chi connectivity index (χ3n) is 32.0. The first-order chi connectivity index (χ1) is 65.3. The Kier molecular flexibility index (Phi) is 39.5. The molecule has 13 N–H and O–H groups in total. The van der Waals surface area contributed by atoms with Crippen LogP contribution < -0.4 is 49.2 Å². The van der Waals surface area contributed by atoms with Crippen LogP contribution in [0.2, 0.25) is 0 Å². The zero-order chi connectivity index (χ0) is 95.8. The summed E-state index contributed by atoms with van der Waals surface area (Å²) in [5, 5.41) is 32.2. The number of pyridine rings is 6. The minimum Gasteiger partial charge on any atom is -0.395 e. The van der Waals surface area contributed by atoms with Crippen LogP contribution in [0.25, 0.3) is 33.1 Å². The van der Waals surface area contributed by atoms with Gasteiger partial charge in [0.15, 0.2) is 5.82 Å². The van der Waals surface area contributed by atoms with Gasteiger partial charge in [-0.3, -0.25) is 0 Å². The number of unbranched alkanes of at least 4 members (excludes halogenated alkanes) is 1. The number of hydrogen-bond donors (Lipinski definition) is 7. The number of nitrogen functional groups attached to an aromatic ring is 6. The normalized spacial score (nSPS) is 16.1. The molecule has 3 aliphatic heterocycles. The Morgan fingerprint density at radius 1 is 0.401 bits per heavy atom. The predicted molar refractivity (Wildman–Crippen MR) is 596 cm³/mol. The molecule has 142 heavy (non-hydrogen) atoms. The molecule has 21 rings (SSSR count). The fourth-order valence-electron chi connectivity index (χ4n) is 23.0. The average molecular weight is 1950 g/mol. The molecule has 0 aromatic carbocycles. The summed E-state index contributed by atoms with van der Waals surface area (Å²) in [5.74, 6) is 0.769. The van der Waals surface area contributed by atoms with Crippen LogP contribution in [0.5, 0.6) is 0 Å². The van der Waals surface area contributed by atoms with Crippen molar-refractivity contribution in [3.8, 4) is 0 Å². The largest absolute Gasteiger partial charge is 0.395 e. The van der Waals surface area contributed by atoms with Gasteiger partial charge in [-0.2, -0.15) is 25.5 Å². The number of quaternary nitrogens is 5. The summed E-state index contributed by atoms with van der Waals surface area (Å²) < 4.78 is 27.8. The lowest BCUT2D eigenvalue weighted by Crippen LogP contribution is -2.55. The maximum absolute atomic E-state index is 6.41. The van der Waals surface area contributed by atoms with Crippen molar-refractivity contribution < 1.29 is 31.7 Å². The maximum atomic E-state index is 6.41. The molecule has 782 valence electrons. The Morgan fingerprint density at radius 2 is 0.746 bits per heavy atom. The first kappa shape index (κ1) is 113. The zero-order valence-corrected chi connectivity index (χ0v) is 91.4. The number of nitrogens with two attached hydrogens (primary N) is 6. The van der Waals surface area contributed by atoms with E-state index in [1.165, 1.54) is 227 Å². The third-order valence-corrected chi connectivity index (χ3v) is 32.0. The molecular weight excluding hydrogens is 1760 g/mol. The minimum absolute atomic E-state index is 0. The standard InChI is InChI=1S/C20H33N4.C19H29N4.C18H24N5.C18H27N4O.C18H27N4.C15H27N6.6CH3/c1-14(2)24(5,15(3)4)13-7-9-17-20(21)19-12-11-16-8-6-10-18(16)23(19)22-17;1-23(12-3-2-4-13-23)14-6-8-16-19(20)18-11-10-15-7-5-9-17(15)22(18)21-16;1-21-11-12-22(13-21)10-3-2-6-15-18(19)17-9-8-14-5-4-7-16(14)23(17)20-15;1-22(10-12-23-13-11-22)9-3-5-15-18(19)17-8-7-14-4-2-6-16(14)21(17)20-15;1-22(11-2-3-12-22)13-5-7-15-18(19)17-10-9-14-6-4-8-16(14)21(17)20-15;1-19(2)12-8-6-10-20-14(12)13(16)15(18-20)17-9-7-11-21(3,4)5;;;;;;/h11-12,14-15H,6-10,13,21H2,1-5H3;10-11H,2-9,12-14,20H2,1H3;8-9,11-13H,2-7,10,19H2,1H3;7-8H,2-6,9-13,19H2,1H3;9-10H,2-8,11-13,19H2,1H3;6,8,10H,7,9,11,16H2,1-5H3,(H,17,18);6*1H3/q6*+1;6*-1. The van der Waals surface area contributed by atoms with E-state index >= 15 is 0 Å². The minimum atomic E-state index is 0. The van der Waals surface area contributed by atoms with E-state index < -0.39 is 0 Å². The number of aromatic nitrogens is 14. The molecule has 28 nitrogen and oxygen atoms in total. The lowest BCUT2D eigenvalue weighted by atomic mass is 10.1. The van der Waals surface area contributed by atoms with Gasteiger partial charge in [-0.1, -0.05) is 30.3 Å². The molecule has 0 unspecified atom stereocenters. The molecule has 16 heterocycles. The molecule has 0 bridgehead atoms. The molecule has 8 aliphatic rings. The Bertz CT molecular complexity index is 6100. The van der Waals surface area contributed by atoms with Gasteiger partial charge in [0.25, 0.3) is 0 Å². The third kappa shape index (κ3) is 25.9. The van der Waals surface area contributed by atoms with Gasteiger partial charge in [0.1, 0.15) is 36.7 Å². The molecule has 28 heteroatoms. The van der Waals surface area contributed by atoms with E-state index in [2.05, 4.69) is 199 Å². The van der Waals surface area contributed by atoms with Gasteiger partial charge in [-0.25, -0.2) is 36.2 Å². The Morgan fingerprint density at radius 3 is 1.08 bits per heavy atom. The van der Waals surface area contributed by atoms with E-state index in [1.54, 1.807) is 0 Å². The van der Waals surface area contributed by atoms with Crippen molar-refractivity contribution in [2.24, 2.45) is 7.05 Å². The monoisotopic (exact) mass is 1950 g/mol. The van der Waals surface area contributed by atoms with E-state index in [0.717, 1.165) is 257 Å². The summed E-state index contributed by atoms with van der Waals surface area (Å²) in [4.78, 5) is 2.05. The van der Waals surface area contributed by atoms with Crippen LogP contribution in [0, 0.1) is 44.6 Å². The molecule has 0 spiro atoms. The predicted octanol–water partition coefficient (Wildman–Crippen LogP) is 17.2. The van der Waals surface area contributed by atoms with Crippen LogP contribution in [-0.2, 0) is 115 Å². The number of hydrogen-bond acceptors (Lipinski definition) is 15. The number of likely N-dealkylation sites (N-methyl/N-ethyl adjacent to an activating group) is 1. The fourth-order valence-corrected chi connectivity index (χ4v) is 23.0. The number of nitrogens with zero attached hydrogens (tertiary/aromatic N) is 20. The van der Waals surface area contributed by atoms with E-state index in [0.29, 0.717) is 17.8 Å². The van der Waals surface area contributed by atoms with E-state index in [9.17, 15) is 0 Å². The number of rotatable bonds is 29.